The van der Waals surface area contributed by atoms with Crippen LogP contribution in [0.5, 0.6) is 11.5 Å². The van der Waals surface area contributed by atoms with Gasteiger partial charge in [0.2, 0.25) is 0 Å². The van der Waals surface area contributed by atoms with E-state index in [0.29, 0.717) is 18.7 Å². The first-order valence-corrected chi connectivity index (χ1v) is 8.73. The third-order valence-corrected chi connectivity index (χ3v) is 4.31. The molecule has 0 radical (unpaired) electrons. The van der Waals surface area contributed by atoms with Crippen LogP contribution in [0.4, 0.5) is 0 Å². The molecule has 1 N–H and O–H groups in total. The number of nitrogens with zero attached hydrogens (tertiary/aromatic N) is 2. The van der Waals surface area contributed by atoms with Crippen LogP contribution in [-0.2, 0) is 6.42 Å². The molecule has 0 saturated heterocycles. The lowest BCUT2D eigenvalue weighted by atomic mass is 10.1. The maximum atomic E-state index is 12.4. The van der Waals surface area contributed by atoms with Crippen molar-refractivity contribution in [1.29, 1.82) is 0 Å². The molecule has 27 heavy (non-hydrogen) atoms. The van der Waals surface area contributed by atoms with Crippen LogP contribution < -0.4 is 14.8 Å². The second-order valence-corrected chi connectivity index (χ2v) is 6.10. The number of nitrogens with one attached hydrogen (secondary N) is 1. The number of ether oxygens (including phenoxy) is 2. The Balaban J connectivity index is 1.65. The number of amides is 1. The Morgan fingerprint density at radius 1 is 1.07 bits per heavy atom. The lowest BCUT2D eigenvalue weighted by Gasteiger charge is -2.08. The Morgan fingerprint density at radius 2 is 1.81 bits per heavy atom. The highest BCUT2D eigenvalue weighted by atomic mass is 16.5. The number of carbonyl (C=O) groups is 1. The quantitative estimate of drug-likeness (QED) is 0.698. The van der Waals surface area contributed by atoms with Crippen LogP contribution in [0.2, 0.25) is 0 Å². The minimum Gasteiger partial charge on any atom is -0.497 e. The number of carbonyl (C=O) groups excluding carboxylic acids is 1. The minimum atomic E-state index is -0.194. The van der Waals surface area contributed by atoms with E-state index in [9.17, 15) is 4.79 Å². The lowest BCUT2D eigenvalue weighted by Crippen LogP contribution is -2.26. The summed E-state index contributed by atoms with van der Waals surface area (Å²) in [7, 11) is 3.27. The van der Waals surface area contributed by atoms with Crippen molar-refractivity contribution in [2.45, 2.75) is 13.3 Å². The molecular weight excluding hydrogens is 342 g/mol. The zero-order chi connectivity index (χ0) is 19.2. The third-order valence-electron chi connectivity index (χ3n) is 4.31. The number of para-hydroxylation sites is 1. The zero-order valence-electron chi connectivity index (χ0n) is 15.7. The Kier molecular flexibility index (Phi) is 5.76. The molecule has 140 valence electrons. The molecule has 1 heterocycles. The summed E-state index contributed by atoms with van der Waals surface area (Å²) in [5, 5.41) is 7.35. The van der Waals surface area contributed by atoms with E-state index >= 15 is 0 Å². The predicted octanol–water partition coefficient (Wildman–Crippen LogP) is 3.17. The van der Waals surface area contributed by atoms with Gasteiger partial charge in [0.25, 0.3) is 5.91 Å². The van der Waals surface area contributed by atoms with Crippen molar-refractivity contribution in [3.63, 3.8) is 0 Å². The number of methoxy groups -OCH3 is 2. The van der Waals surface area contributed by atoms with Gasteiger partial charge < -0.3 is 14.8 Å². The lowest BCUT2D eigenvalue weighted by molar-refractivity contribution is 0.0948. The minimum absolute atomic E-state index is 0.194. The Morgan fingerprint density at radius 3 is 2.52 bits per heavy atom. The maximum absolute atomic E-state index is 12.4. The fourth-order valence-corrected chi connectivity index (χ4v) is 2.88. The van der Waals surface area contributed by atoms with Crippen molar-refractivity contribution in [3.05, 3.63) is 71.5 Å². The number of rotatable bonds is 7. The van der Waals surface area contributed by atoms with E-state index in [1.807, 2.05) is 55.5 Å². The number of aryl methyl sites for hydroxylation is 1. The fourth-order valence-electron chi connectivity index (χ4n) is 2.88. The van der Waals surface area contributed by atoms with Crippen molar-refractivity contribution in [2.24, 2.45) is 0 Å². The first-order valence-electron chi connectivity index (χ1n) is 8.73. The highest BCUT2D eigenvalue weighted by Crippen LogP contribution is 2.18. The van der Waals surface area contributed by atoms with Gasteiger partial charge in [0, 0.05) is 12.2 Å². The van der Waals surface area contributed by atoms with Gasteiger partial charge in [-0.1, -0.05) is 18.2 Å². The summed E-state index contributed by atoms with van der Waals surface area (Å²) in [5.74, 6) is 1.41. The van der Waals surface area contributed by atoms with Gasteiger partial charge in [-0.15, -0.1) is 0 Å². The van der Waals surface area contributed by atoms with Crippen LogP contribution in [-0.4, -0.2) is 36.5 Å². The molecule has 0 fully saturated rings. The van der Waals surface area contributed by atoms with Crippen molar-refractivity contribution in [3.8, 4) is 17.2 Å². The summed E-state index contributed by atoms with van der Waals surface area (Å²) >= 11 is 0. The Hall–Kier alpha value is -3.28. The van der Waals surface area contributed by atoms with Gasteiger partial charge in [0.1, 0.15) is 11.5 Å². The summed E-state index contributed by atoms with van der Waals surface area (Å²) < 4.78 is 12.3. The van der Waals surface area contributed by atoms with E-state index in [0.717, 1.165) is 28.4 Å². The first-order chi connectivity index (χ1) is 13.1. The molecule has 2 aromatic carbocycles. The molecule has 3 aromatic rings. The Bertz CT molecular complexity index is 917. The second kappa shape index (κ2) is 8.40. The SMILES string of the molecule is COc1ccc(-n2nc(C(=O)NCCc3ccccc3OC)cc2C)cc1. The van der Waals surface area contributed by atoms with E-state index < -0.39 is 0 Å². The molecule has 3 rings (SSSR count). The first kappa shape index (κ1) is 18.5. The van der Waals surface area contributed by atoms with E-state index in [1.54, 1.807) is 25.0 Å². The average Bonchev–Trinajstić information content (AvgIpc) is 3.10. The Labute approximate surface area is 158 Å². The number of hydrogen-bond acceptors (Lipinski definition) is 4. The normalized spacial score (nSPS) is 10.5. The highest BCUT2D eigenvalue weighted by molar-refractivity contribution is 5.92. The smallest absolute Gasteiger partial charge is 0.271 e. The molecule has 0 atom stereocenters. The molecule has 0 saturated carbocycles. The monoisotopic (exact) mass is 365 g/mol. The van der Waals surface area contributed by atoms with Crippen LogP contribution in [0.1, 0.15) is 21.7 Å². The summed E-state index contributed by atoms with van der Waals surface area (Å²) in [6.07, 6.45) is 0.688. The van der Waals surface area contributed by atoms with Crippen molar-refractivity contribution >= 4 is 5.91 Å². The second-order valence-electron chi connectivity index (χ2n) is 6.10. The van der Waals surface area contributed by atoms with E-state index in [-0.39, 0.29) is 5.91 Å². The van der Waals surface area contributed by atoms with E-state index in [2.05, 4.69) is 10.4 Å². The molecule has 0 spiro atoms. The number of benzene rings is 2. The summed E-state index contributed by atoms with van der Waals surface area (Å²) in [4.78, 5) is 12.4. The summed E-state index contributed by atoms with van der Waals surface area (Å²) in [6.45, 7) is 2.43. The summed E-state index contributed by atoms with van der Waals surface area (Å²) in [6, 6.07) is 17.1. The average molecular weight is 365 g/mol. The van der Waals surface area contributed by atoms with Gasteiger partial charge in [-0.25, -0.2) is 4.68 Å². The molecule has 0 bridgehead atoms. The van der Waals surface area contributed by atoms with Gasteiger partial charge in [-0.05, 0) is 55.3 Å². The third kappa shape index (κ3) is 4.28. The van der Waals surface area contributed by atoms with Gasteiger partial charge in [-0.2, -0.15) is 5.10 Å². The maximum Gasteiger partial charge on any atom is 0.271 e. The molecule has 0 unspecified atom stereocenters. The fraction of sp³-hybridized carbons (Fsp3) is 0.238. The van der Waals surface area contributed by atoms with E-state index in [4.69, 9.17) is 9.47 Å². The molecule has 6 heteroatoms. The van der Waals surface area contributed by atoms with Gasteiger partial charge in [-0.3, -0.25) is 4.79 Å². The van der Waals surface area contributed by atoms with E-state index in [1.165, 1.54) is 0 Å². The molecule has 1 amide bonds. The van der Waals surface area contributed by atoms with Gasteiger partial charge in [0.05, 0.1) is 19.9 Å². The molecule has 0 aliphatic carbocycles. The molecule has 6 nitrogen and oxygen atoms in total. The molecule has 0 aliphatic heterocycles. The van der Waals surface area contributed by atoms with Crippen LogP contribution in [0.3, 0.4) is 0 Å². The molecule has 1 aromatic heterocycles. The number of hydrogen-bond donors (Lipinski definition) is 1. The van der Waals surface area contributed by atoms with Crippen LogP contribution in [0, 0.1) is 6.92 Å². The summed E-state index contributed by atoms with van der Waals surface area (Å²) in [5.41, 5.74) is 3.21. The molecule has 0 aliphatic rings. The molecular formula is C21H23N3O3. The zero-order valence-corrected chi connectivity index (χ0v) is 15.7. The van der Waals surface area contributed by atoms with Crippen molar-refractivity contribution < 1.29 is 14.3 Å². The largest absolute Gasteiger partial charge is 0.497 e. The van der Waals surface area contributed by atoms with Gasteiger partial charge in [0.15, 0.2) is 5.69 Å². The topological polar surface area (TPSA) is 65.4 Å². The number of aromatic nitrogens is 2. The van der Waals surface area contributed by atoms with Gasteiger partial charge >= 0.3 is 0 Å². The van der Waals surface area contributed by atoms with Crippen LogP contribution >= 0.6 is 0 Å². The van der Waals surface area contributed by atoms with Crippen molar-refractivity contribution in [2.75, 3.05) is 20.8 Å². The van der Waals surface area contributed by atoms with Crippen LogP contribution in [0.25, 0.3) is 5.69 Å². The highest BCUT2D eigenvalue weighted by Gasteiger charge is 2.13. The predicted molar refractivity (Wildman–Crippen MR) is 104 cm³/mol. The van der Waals surface area contributed by atoms with Crippen molar-refractivity contribution in [1.82, 2.24) is 15.1 Å². The van der Waals surface area contributed by atoms with Crippen LogP contribution in [0.15, 0.2) is 54.6 Å². The standard InChI is InChI=1S/C21H23N3O3/c1-15-14-19(23-24(15)17-8-10-18(26-2)11-9-17)21(25)22-13-12-16-6-4-5-7-20(16)27-3/h4-11,14H,12-13H2,1-3H3,(H,22,25).